The summed E-state index contributed by atoms with van der Waals surface area (Å²) in [6.45, 7) is 2.01. The highest BCUT2D eigenvalue weighted by Crippen LogP contribution is 2.25. The molecule has 1 aromatic carbocycles. The Morgan fingerprint density at radius 2 is 1.75 bits per heavy atom. The van der Waals surface area contributed by atoms with Crippen molar-refractivity contribution in [3.8, 4) is 0 Å². The molecule has 0 atom stereocenters. The maximum atomic E-state index is 11.9. The van der Waals surface area contributed by atoms with E-state index in [-0.39, 0.29) is 0 Å². The van der Waals surface area contributed by atoms with Crippen molar-refractivity contribution in [1.82, 2.24) is 4.72 Å². The SMILES string of the molecule is CNS(=O)(=O)c1ccc(C)c(NC2CCCCCC2)c1. The third-order valence-corrected chi connectivity index (χ3v) is 5.41. The molecule has 0 heterocycles. The van der Waals surface area contributed by atoms with Crippen molar-refractivity contribution in [1.29, 1.82) is 0 Å². The van der Waals surface area contributed by atoms with Crippen LogP contribution in [0.25, 0.3) is 0 Å². The summed E-state index contributed by atoms with van der Waals surface area (Å²) < 4.78 is 26.1. The first-order valence-electron chi connectivity index (χ1n) is 7.33. The van der Waals surface area contributed by atoms with E-state index in [1.807, 2.05) is 13.0 Å². The van der Waals surface area contributed by atoms with E-state index in [2.05, 4.69) is 10.0 Å². The lowest BCUT2D eigenvalue weighted by molar-refractivity contribution is 0.588. The van der Waals surface area contributed by atoms with E-state index < -0.39 is 10.0 Å². The summed E-state index contributed by atoms with van der Waals surface area (Å²) in [5, 5.41) is 3.53. The van der Waals surface area contributed by atoms with Crippen LogP contribution in [-0.4, -0.2) is 21.5 Å². The Labute approximate surface area is 122 Å². The Hall–Kier alpha value is -1.07. The monoisotopic (exact) mass is 296 g/mol. The summed E-state index contributed by atoms with van der Waals surface area (Å²) >= 11 is 0. The zero-order chi connectivity index (χ0) is 14.6. The summed E-state index contributed by atoms with van der Waals surface area (Å²) in [6, 6.07) is 5.72. The summed E-state index contributed by atoms with van der Waals surface area (Å²) in [6.07, 6.45) is 7.47. The highest BCUT2D eigenvalue weighted by molar-refractivity contribution is 7.89. The topological polar surface area (TPSA) is 58.2 Å². The molecule has 1 saturated carbocycles. The molecule has 1 aliphatic carbocycles. The molecule has 1 aliphatic rings. The molecule has 0 saturated heterocycles. The van der Waals surface area contributed by atoms with Crippen LogP contribution in [0.15, 0.2) is 23.1 Å². The first-order valence-corrected chi connectivity index (χ1v) is 8.82. The van der Waals surface area contributed by atoms with Crippen LogP contribution in [0.1, 0.15) is 44.1 Å². The third-order valence-electron chi connectivity index (χ3n) is 4.00. The molecule has 0 aromatic heterocycles. The van der Waals surface area contributed by atoms with Gasteiger partial charge in [0.05, 0.1) is 4.90 Å². The molecule has 1 fully saturated rings. The molecule has 0 unspecified atom stereocenters. The van der Waals surface area contributed by atoms with Crippen molar-refractivity contribution < 1.29 is 8.42 Å². The largest absolute Gasteiger partial charge is 0.382 e. The average molecular weight is 296 g/mol. The van der Waals surface area contributed by atoms with Crippen molar-refractivity contribution in [2.45, 2.75) is 56.4 Å². The first kappa shape index (κ1) is 15.3. The minimum absolute atomic E-state index is 0.321. The minimum atomic E-state index is -3.38. The Kier molecular flexibility index (Phi) is 5.05. The van der Waals surface area contributed by atoms with E-state index in [0.29, 0.717) is 10.9 Å². The van der Waals surface area contributed by atoms with Gasteiger partial charge < -0.3 is 5.32 Å². The van der Waals surface area contributed by atoms with Crippen LogP contribution in [0.3, 0.4) is 0 Å². The second-order valence-electron chi connectivity index (χ2n) is 5.52. The number of anilines is 1. The van der Waals surface area contributed by atoms with Gasteiger partial charge in [0.1, 0.15) is 0 Å². The molecule has 0 bridgehead atoms. The van der Waals surface area contributed by atoms with E-state index in [1.165, 1.54) is 45.6 Å². The second-order valence-corrected chi connectivity index (χ2v) is 7.40. The maximum Gasteiger partial charge on any atom is 0.240 e. The Morgan fingerprint density at radius 3 is 2.35 bits per heavy atom. The van der Waals surface area contributed by atoms with E-state index in [1.54, 1.807) is 12.1 Å². The van der Waals surface area contributed by atoms with Crippen molar-refractivity contribution in [3.05, 3.63) is 23.8 Å². The van der Waals surface area contributed by atoms with Gasteiger partial charge in [0.15, 0.2) is 0 Å². The molecular formula is C15H24N2O2S. The van der Waals surface area contributed by atoms with Crippen LogP contribution >= 0.6 is 0 Å². The normalized spacial score (nSPS) is 17.7. The molecule has 0 radical (unpaired) electrons. The standard InChI is InChI=1S/C15H24N2O2S/c1-12-9-10-14(20(18,19)16-2)11-15(12)17-13-7-5-3-4-6-8-13/h9-11,13,16-17H,3-8H2,1-2H3. The number of sulfonamides is 1. The van der Waals surface area contributed by atoms with Gasteiger partial charge >= 0.3 is 0 Å². The van der Waals surface area contributed by atoms with Gasteiger partial charge in [-0.15, -0.1) is 0 Å². The van der Waals surface area contributed by atoms with Gasteiger partial charge in [-0.3, -0.25) is 0 Å². The first-order chi connectivity index (χ1) is 9.53. The van der Waals surface area contributed by atoms with Crippen molar-refractivity contribution >= 4 is 15.7 Å². The number of hydrogen-bond donors (Lipinski definition) is 2. The predicted molar refractivity (Wildman–Crippen MR) is 82.5 cm³/mol. The van der Waals surface area contributed by atoms with Gasteiger partial charge in [0.2, 0.25) is 10.0 Å². The summed E-state index contributed by atoms with van der Waals surface area (Å²) in [7, 11) is -1.94. The van der Waals surface area contributed by atoms with Crippen LogP contribution in [0.4, 0.5) is 5.69 Å². The second kappa shape index (κ2) is 6.59. The van der Waals surface area contributed by atoms with E-state index in [0.717, 1.165) is 11.3 Å². The fourth-order valence-electron chi connectivity index (χ4n) is 2.69. The number of rotatable bonds is 4. The molecule has 0 spiro atoms. The van der Waals surface area contributed by atoms with Crippen molar-refractivity contribution in [3.63, 3.8) is 0 Å². The highest BCUT2D eigenvalue weighted by Gasteiger charge is 2.16. The Morgan fingerprint density at radius 1 is 1.10 bits per heavy atom. The Bertz CT molecular complexity index is 547. The molecule has 2 rings (SSSR count). The molecule has 4 nitrogen and oxygen atoms in total. The van der Waals surface area contributed by atoms with E-state index in [9.17, 15) is 8.42 Å². The van der Waals surface area contributed by atoms with Gasteiger partial charge in [0, 0.05) is 11.7 Å². The third kappa shape index (κ3) is 3.73. The smallest absolute Gasteiger partial charge is 0.240 e. The molecule has 5 heteroatoms. The molecule has 2 N–H and O–H groups in total. The molecule has 0 aliphatic heterocycles. The maximum absolute atomic E-state index is 11.9. The molecule has 112 valence electrons. The van der Waals surface area contributed by atoms with E-state index >= 15 is 0 Å². The number of hydrogen-bond acceptors (Lipinski definition) is 3. The van der Waals surface area contributed by atoms with Gasteiger partial charge in [-0.2, -0.15) is 0 Å². The van der Waals surface area contributed by atoms with Gasteiger partial charge in [0.25, 0.3) is 0 Å². The molecule has 20 heavy (non-hydrogen) atoms. The lowest BCUT2D eigenvalue weighted by atomic mass is 10.1. The molecule has 0 amide bonds. The van der Waals surface area contributed by atoms with Crippen LogP contribution in [-0.2, 0) is 10.0 Å². The number of aryl methyl sites for hydroxylation is 1. The van der Waals surface area contributed by atoms with Crippen LogP contribution in [0.5, 0.6) is 0 Å². The van der Waals surface area contributed by atoms with Crippen molar-refractivity contribution in [2.24, 2.45) is 0 Å². The zero-order valence-electron chi connectivity index (χ0n) is 12.3. The summed E-state index contributed by atoms with van der Waals surface area (Å²) in [4.78, 5) is 0.321. The van der Waals surface area contributed by atoms with Crippen LogP contribution in [0.2, 0.25) is 0 Å². The fraction of sp³-hybridized carbons (Fsp3) is 0.600. The van der Waals surface area contributed by atoms with Crippen LogP contribution < -0.4 is 10.0 Å². The van der Waals surface area contributed by atoms with Gasteiger partial charge in [-0.1, -0.05) is 31.7 Å². The van der Waals surface area contributed by atoms with E-state index in [4.69, 9.17) is 0 Å². The Balaban J connectivity index is 2.20. The lowest BCUT2D eigenvalue weighted by Crippen LogP contribution is -2.21. The van der Waals surface area contributed by atoms with Crippen LogP contribution in [0, 0.1) is 6.92 Å². The average Bonchev–Trinajstić information content (AvgIpc) is 2.69. The van der Waals surface area contributed by atoms with Crippen molar-refractivity contribution in [2.75, 3.05) is 12.4 Å². The summed E-state index contributed by atoms with van der Waals surface area (Å²) in [5.74, 6) is 0. The number of nitrogens with one attached hydrogen (secondary N) is 2. The zero-order valence-corrected chi connectivity index (χ0v) is 13.1. The summed E-state index contributed by atoms with van der Waals surface area (Å²) in [5.41, 5.74) is 2.03. The van der Waals surface area contributed by atoms with Gasteiger partial charge in [-0.25, -0.2) is 13.1 Å². The molecule has 1 aromatic rings. The quantitative estimate of drug-likeness (QED) is 0.840. The van der Waals surface area contributed by atoms with Gasteiger partial charge in [-0.05, 0) is 44.5 Å². The fourth-order valence-corrected chi connectivity index (χ4v) is 3.44. The lowest BCUT2D eigenvalue weighted by Gasteiger charge is -2.20. The highest BCUT2D eigenvalue weighted by atomic mass is 32.2. The minimum Gasteiger partial charge on any atom is -0.382 e. The predicted octanol–water partition coefficient (Wildman–Crippen LogP) is 3.04. The molecular weight excluding hydrogens is 272 g/mol. The number of benzene rings is 1.